The number of thiazole rings is 1. The van der Waals surface area contributed by atoms with E-state index in [4.69, 9.17) is 4.74 Å². The zero-order chi connectivity index (χ0) is 23.2. The molecule has 170 valence electrons. The number of carbonyl (C=O) groups excluding carboxylic acids is 1. The molecule has 4 rings (SSSR count). The minimum absolute atomic E-state index is 0.161. The lowest BCUT2D eigenvalue weighted by molar-refractivity contribution is -0.0440. The first-order chi connectivity index (χ1) is 15.1. The highest BCUT2D eigenvalue weighted by molar-refractivity contribution is 7.89. The largest absolute Gasteiger partial charge is 0.373 e. The highest BCUT2D eigenvalue weighted by atomic mass is 32.2. The molecule has 9 heteroatoms. The van der Waals surface area contributed by atoms with Gasteiger partial charge in [0.25, 0.3) is 5.91 Å². The van der Waals surface area contributed by atoms with E-state index < -0.39 is 15.9 Å². The summed E-state index contributed by atoms with van der Waals surface area (Å²) in [6.07, 6.45) is -0.328. The Morgan fingerprint density at radius 2 is 1.72 bits per heavy atom. The van der Waals surface area contributed by atoms with Crippen molar-refractivity contribution in [3.63, 3.8) is 0 Å². The fourth-order valence-corrected chi connectivity index (χ4v) is 6.97. The van der Waals surface area contributed by atoms with Crippen LogP contribution in [0.1, 0.15) is 35.3 Å². The first kappa shape index (κ1) is 22.8. The number of amides is 1. The van der Waals surface area contributed by atoms with Crippen LogP contribution < -0.4 is 4.80 Å². The molecule has 0 unspecified atom stereocenters. The van der Waals surface area contributed by atoms with Crippen molar-refractivity contribution in [1.82, 2.24) is 8.87 Å². The van der Waals surface area contributed by atoms with Crippen molar-refractivity contribution in [1.29, 1.82) is 0 Å². The Balaban J connectivity index is 1.62. The van der Waals surface area contributed by atoms with Crippen LogP contribution >= 0.6 is 11.3 Å². The van der Waals surface area contributed by atoms with Crippen LogP contribution in [0.2, 0.25) is 0 Å². The number of sulfonamides is 1. The third-order valence-electron chi connectivity index (χ3n) is 5.56. The van der Waals surface area contributed by atoms with Crippen molar-refractivity contribution in [2.75, 3.05) is 13.1 Å². The van der Waals surface area contributed by atoms with Gasteiger partial charge < -0.3 is 9.30 Å². The number of rotatable bonds is 3. The molecule has 1 saturated heterocycles. The Morgan fingerprint density at radius 3 is 2.34 bits per heavy atom. The molecule has 2 atom stereocenters. The lowest BCUT2D eigenvalue weighted by Crippen LogP contribution is -2.48. The fourth-order valence-electron chi connectivity index (χ4n) is 4.19. The summed E-state index contributed by atoms with van der Waals surface area (Å²) < 4.78 is 36.1. The summed E-state index contributed by atoms with van der Waals surface area (Å²) in [5.41, 5.74) is 3.70. The Morgan fingerprint density at radius 1 is 1.09 bits per heavy atom. The normalized spacial score (nSPS) is 20.7. The molecule has 2 aromatic carbocycles. The van der Waals surface area contributed by atoms with Crippen LogP contribution in [0, 0.1) is 13.8 Å². The minimum Gasteiger partial charge on any atom is -0.373 e. The SMILES string of the molecule is Cc1cc(C)c2c(c1)sc(=NC(=O)c1ccc(S(=O)(=O)N3C[C@H](C)O[C@@H](C)C3)cc1)n2C. The second kappa shape index (κ2) is 8.55. The van der Waals surface area contributed by atoms with Crippen LogP contribution in [0.15, 0.2) is 46.3 Å². The number of hydrogen-bond acceptors (Lipinski definition) is 5. The lowest BCUT2D eigenvalue weighted by atomic mass is 10.1. The van der Waals surface area contributed by atoms with E-state index in [0.29, 0.717) is 23.5 Å². The van der Waals surface area contributed by atoms with Crippen molar-refractivity contribution in [3.8, 4) is 0 Å². The summed E-state index contributed by atoms with van der Waals surface area (Å²) in [6.45, 7) is 8.43. The van der Waals surface area contributed by atoms with Crippen LogP contribution in [-0.4, -0.2) is 48.5 Å². The van der Waals surface area contributed by atoms with Crippen molar-refractivity contribution in [3.05, 3.63) is 57.9 Å². The average Bonchev–Trinajstić information content (AvgIpc) is 3.02. The summed E-state index contributed by atoms with van der Waals surface area (Å²) >= 11 is 1.46. The standard InChI is InChI=1S/C23H27N3O4S2/c1-14-10-15(2)21-20(11-14)31-23(25(21)5)24-22(27)18-6-8-19(9-7-18)32(28,29)26-12-16(3)30-17(4)13-26/h6-11,16-17H,12-13H2,1-5H3/t16-,17-/m0/s1. The summed E-state index contributed by atoms with van der Waals surface area (Å²) in [5, 5.41) is 0. The van der Waals surface area contributed by atoms with Gasteiger partial charge in [-0.1, -0.05) is 17.4 Å². The summed E-state index contributed by atoms with van der Waals surface area (Å²) in [6, 6.07) is 10.2. The van der Waals surface area contributed by atoms with E-state index >= 15 is 0 Å². The van der Waals surface area contributed by atoms with Crippen LogP contribution in [0.5, 0.6) is 0 Å². The maximum absolute atomic E-state index is 13.0. The smallest absolute Gasteiger partial charge is 0.279 e. The highest BCUT2D eigenvalue weighted by Gasteiger charge is 2.32. The van der Waals surface area contributed by atoms with Gasteiger partial charge in [-0.3, -0.25) is 4.79 Å². The van der Waals surface area contributed by atoms with Crippen molar-refractivity contribution >= 4 is 37.5 Å². The molecule has 0 spiro atoms. The van der Waals surface area contributed by atoms with Crippen LogP contribution in [0.25, 0.3) is 10.2 Å². The number of fused-ring (bicyclic) bond motifs is 1. The predicted octanol–water partition coefficient (Wildman–Crippen LogP) is 3.40. The molecule has 1 aliphatic rings. The van der Waals surface area contributed by atoms with Gasteiger partial charge in [0.2, 0.25) is 10.0 Å². The van der Waals surface area contributed by atoms with E-state index in [-0.39, 0.29) is 17.1 Å². The van der Waals surface area contributed by atoms with Crippen LogP contribution in [-0.2, 0) is 21.8 Å². The van der Waals surface area contributed by atoms with E-state index in [9.17, 15) is 13.2 Å². The van der Waals surface area contributed by atoms with E-state index in [1.165, 1.54) is 39.9 Å². The molecular formula is C23H27N3O4S2. The first-order valence-electron chi connectivity index (χ1n) is 10.5. The van der Waals surface area contributed by atoms with Gasteiger partial charge in [-0.15, -0.1) is 0 Å². The van der Waals surface area contributed by atoms with Gasteiger partial charge in [0, 0.05) is 25.7 Å². The number of aromatic nitrogens is 1. The molecule has 2 heterocycles. The Labute approximate surface area is 192 Å². The molecule has 0 N–H and O–H groups in total. The van der Waals surface area contributed by atoms with Gasteiger partial charge in [0.05, 0.1) is 27.3 Å². The zero-order valence-electron chi connectivity index (χ0n) is 18.8. The number of morpholine rings is 1. The van der Waals surface area contributed by atoms with Crippen LogP contribution in [0.3, 0.4) is 0 Å². The van der Waals surface area contributed by atoms with Gasteiger partial charge in [-0.2, -0.15) is 9.30 Å². The van der Waals surface area contributed by atoms with E-state index in [2.05, 4.69) is 17.1 Å². The molecule has 7 nitrogen and oxygen atoms in total. The molecule has 3 aromatic rings. The second-order valence-corrected chi connectivity index (χ2v) is 11.3. The van der Waals surface area contributed by atoms with Crippen molar-refractivity contribution in [2.24, 2.45) is 12.0 Å². The molecule has 1 fully saturated rings. The van der Waals surface area contributed by atoms with Crippen molar-refractivity contribution < 1.29 is 17.9 Å². The Kier molecular flexibility index (Phi) is 6.10. The maximum Gasteiger partial charge on any atom is 0.279 e. The Hall–Kier alpha value is -2.33. The van der Waals surface area contributed by atoms with Gasteiger partial charge in [-0.05, 0) is 69.2 Å². The molecule has 1 aliphatic heterocycles. The number of ether oxygens (including phenoxy) is 1. The molecular weight excluding hydrogens is 446 g/mol. The Bertz CT molecular complexity index is 1340. The molecule has 0 bridgehead atoms. The minimum atomic E-state index is -3.65. The summed E-state index contributed by atoms with van der Waals surface area (Å²) in [5.74, 6) is -0.404. The number of benzene rings is 2. The summed E-state index contributed by atoms with van der Waals surface area (Å²) in [4.78, 5) is 17.9. The van der Waals surface area contributed by atoms with Gasteiger partial charge >= 0.3 is 0 Å². The van der Waals surface area contributed by atoms with Gasteiger partial charge in [0.15, 0.2) is 4.80 Å². The highest BCUT2D eigenvalue weighted by Crippen LogP contribution is 2.23. The topological polar surface area (TPSA) is 81.0 Å². The molecule has 0 radical (unpaired) electrons. The number of aryl methyl sites for hydroxylation is 3. The summed E-state index contributed by atoms with van der Waals surface area (Å²) in [7, 11) is -1.76. The number of carbonyl (C=O) groups is 1. The maximum atomic E-state index is 13.0. The molecule has 0 aliphatic carbocycles. The van der Waals surface area contributed by atoms with Crippen LogP contribution in [0.4, 0.5) is 0 Å². The molecule has 1 amide bonds. The second-order valence-electron chi connectivity index (χ2n) is 8.39. The average molecular weight is 474 g/mol. The van der Waals surface area contributed by atoms with Crippen molar-refractivity contribution in [2.45, 2.75) is 44.8 Å². The predicted molar refractivity (Wildman–Crippen MR) is 125 cm³/mol. The quantitative estimate of drug-likeness (QED) is 0.584. The molecule has 0 saturated carbocycles. The molecule has 32 heavy (non-hydrogen) atoms. The van der Waals surface area contributed by atoms with Gasteiger partial charge in [0.1, 0.15) is 0 Å². The third kappa shape index (κ3) is 4.30. The zero-order valence-corrected chi connectivity index (χ0v) is 20.5. The lowest BCUT2D eigenvalue weighted by Gasteiger charge is -2.34. The third-order valence-corrected chi connectivity index (χ3v) is 8.48. The first-order valence-corrected chi connectivity index (χ1v) is 12.7. The fraction of sp³-hybridized carbons (Fsp3) is 0.391. The van der Waals surface area contributed by atoms with E-state index in [0.717, 1.165) is 21.3 Å². The number of hydrogen-bond donors (Lipinski definition) is 0. The van der Waals surface area contributed by atoms with E-state index in [1.54, 1.807) is 0 Å². The van der Waals surface area contributed by atoms with E-state index in [1.807, 2.05) is 39.3 Å². The number of nitrogens with zero attached hydrogens (tertiary/aromatic N) is 3. The molecule has 1 aromatic heterocycles. The monoisotopic (exact) mass is 473 g/mol. The van der Waals surface area contributed by atoms with Gasteiger partial charge in [-0.25, -0.2) is 8.42 Å².